The predicted octanol–water partition coefficient (Wildman–Crippen LogP) is 2.79. The highest BCUT2D eigenvalue weighted by Gasteiger charge is 2.13. The first-order chi connectivity index (χ1) is 11.7. The number of halogens is 1. The Morgan fingerprint density at radius 3 is 2.79 bits per heavy atom. The number of ketones is 1. The zero-order valence-electron chi connectivity index (χ0n) is 12.7. The second kappa shape index (κ2) is 7.22. The lowest BCUT2D eigenvalue weighted by Gasteiger charge is -2.06. The molecule has 1 aromatic heterocycles. The van der Waals surface area contributed by atoms with Crippen molar-refractivity contribution in [2.24, 2.45) is 0 Å². The Labute approximate surface area is 141 Å². The Hall–Kier alpha value is -2.74. The average molecular weight is 344 g/mol. The van der Waals surface area contributed by atoms with Crippen LogP contribution in [0.4, 0.5) is 4.39 Å². The monoisotopic (exact) mass is 344 g/mol. The highest BCUT2D eigenvalue weighted by molar-refractivity contribution is 7.99. The summed E-state index contributed by atoms with van der Waals surface area (Å²) in [7, 11) is 1.58. The number of rotatable bonds is 6. The summed E-state index contributed by atoms with van der Waals surface area (Å²) in [5, 5.41) is 12.0. The van der Waals surface area contributed by atoms with Gasteiger partial charge in [0.25, 0.3) is 0 Å². The molecule has 0 fully saturated rings. The molecule has 2 aromatic carbocycles. The third kappa shape index (κ3) is 3.60. The molecule has 0 aliphatic rings. The first-order valence-electron chi connectivity index (χ1n) is 7.02. The van der Waals surface area contributed by atoms with Gasteiger partial charge in [-0.1, -0.05) is 17.8 Å². The molecule has 122 valence electrons. The SMILES string of the molecule is COc1cccc(-n2nnnc2SCC(=O)c2ccc(F)cc2)c1. The molecule has 24 heavy (non-hydrogen) atoms. The van der Waals surface area contributed by atoms with Gasteiger partial charge in [-0.05, 0) is 46.8 Å². The zero-order chi connectivity index (χ0) is 16.9. The van der Waals surface area contributed by atoms with Crippen molar-refractivity contribution in [3.8, 4) is 11.4 Å². The standard InChI is InChI=1S/C16H13FN4O2S/c1-23-14-4-2-3-13(9-14)21-16(18-19-20-21)24-10-15(22)11-5-7-12(17)8-6-11/h2-9H,10H2,1H3. The molecule has 0 aliphatic carbocycles. The number of hydrogen-bond donors (Lipinski definition) is 0. The molecule has 0 atom stereocenters. The molecule has 8 heteroatoms. The molecule has 0 unspecified atom stereocenters. The van der Waals surface area contributed by atoms with E-state index in [0.717, 1.165) is 5.69 Å². The number of methoxy groups -OCH3 is 1. The third-order valence-electron chi connectivity index (χ3n) is 3.24. The second-order valence-corrected chi connectivity index (χ2v) is 5.74. The molecule has 0 saturated carbocycles. The maximum atomic E-state index is 12.9. The Kier molecular flexibility index (Phi) is 4.85. The van der Waals surface area contributed by atoms with Gasteiger partial charge in [0, 0.05) is 11.6 Å². The minimum Gasteiger partial charge on any atom is -0.497 e. The van der Waals surface area contributed by atoms with Gasteiger partial charge in [-0.2, -0.15) is 4.68 Å². The van der Waals surface area contributed by atoms with E-state index in [1.165, 1.54) is 40.7 Å². The molecule has 3 rings (SSSR count). The number of carbonyl (C=O) groups is 1. The number of carbonyl (C=O) groups excluding carboxylic acids is 1. The molecule has 0 N–H and O–H groups in total. The van der Waals surface area contributed by atoms with Gasteiger partial charge in [-0.25, -0.2) is 4.39 Å². The second-order valence-electron chi connectivity index (χ2n) is 4.79. The van der Waals surface area contributed by atoms with Crippen LogP contribution in [-0.2, 0) is 0 Å². The van der Waals surface area contributed by atoms with E-state index in [1.54, 1.807) is 13.2 Å². The molecule has 0 radical (unpaired) electrons. The summed E-state index contributed by atoms with van der Waals surface area (Å²) in [4.78, 5) is 12.2. The van der Waals surface area contributed by atoms with Crippen LogP contribution < -0.4 is 4.74 Å². The molecular weight excluding hydrogens is 331 g/mol. The molecule has 0 bridgehead atoms. The fourth-order valence-electron chi connectivity index (χ4n) is 2.02. The summed E-state index contributed by atoms with van der Waals surface area (Å²) >= 11 is 1.21. The predicted molar refractivity (Wildman–Crippen MR) is 87.2 cm³/mol. The Balaban J connectivity index is 1.74. The number of benzene rings is 2. The van der Waals surface area contributed by atoms with E-state index in [9.17, 15) is 9.18 Å². The number of ether oxygens (including phenoxy) is 1. The lowest BCUT2D eigenvalue weighted by atomic mass is 10.1. The molecule has 1 heterocycles. The summed E-state index contributed by atoms with van der Waals surface area (Å²) in [6.45, 7) is 0. The van der Waals surface area contributed by atoms with Gasteiger partial charge < -0.3 is 4.74 Å². The van der Waals surface area contributed by atoms with Gasteiger partial charge in [0.15, 0.2) is 5.78 Å². The van der Waals surface area contributed by atoms with E-state index >= 15 is 0 Å². The first-order valence-corrected chi connectivity index (χ1v) is 8.00. The molecule has 0 spiro atoms. The van der Waals surface area contributed by atoms with Crippen molar-refractivity contribution >= 4 is 17.5 Å². The first kappa shape index (κ1) is 16.1. The van der Waals surface area contributed by atoms with E-state index in [0.29, 0.717) is 16.5 Å². The van der Waals surface area contributed by atoms with Gasteiger partial charge >= 0.3 is 0 Å². The van der Waals surface area contributed by atoms with Crippen LogP contribution in [0.2, 0.25) is 0 Å². The van der Waals surface area contributed by atoms with Gasteiger partial charge in [0.05, 0.1) is 18.6 Å². The van der Waals surface area contributed by atoms with Crippen LogP contribution in [0.25, 0.3) is 5.69 Å². The lowest BCUT2D eigenvalue weighted by Crippen LogP contribution is -2.05. The van der Waals surface area contributed by atoms with Crippen LogP contribution in [0.1, 0.15) is 10.4 Å². The van der Waals surface area contributed by atoms with Crippen LogP contribution in [0.5, 0.6) is 5.75 Å². The molecule has 0 saturated heterocycles. The van der Waals surface area contributed by atoms with Crippen LogP contribution >= 0.6 is 11.8 Å². The molecular formula is C16H13FN4O2S. The fraction of sp³-hybridized carbons (Fsp3) is 0.125. The molecule has 3 aromatic rings. The summed E-state index contributed by atoms with van der Waals surface area (Å²) in [6, 6.07) is 12.7. The summed E-state index contributed by atoms with van der Waals surface area (Å²) in [5.41, 5.74) is 1.18. The molecule has 0 amide bonds. The third-order valence-corrected chi connectivity index (χ3v) is 4.16. The Morgan fingerprint density at radius 1 is 1.25 bits per heavy atom. The van der Waals surface area contributed by atoms with Crippen molar-refractivity contribution in [1.82, 2.24) is 20.2 Å². The van der Waals surface area contributed by atoms with E-state index in [4.69, 9.17) is 4.74 Å². The quantitative estimate of drug-likeness (QED) is 0.506. The summed E-state index contributed by atoms with van der Waals surface area (Å²) in [5.74, 6) is 0.332. The minimum absolute atomic E-state index is 0.125. The number of nitrogens with zero attached hydrogens (tertiary/aromatic N) is 4. The van der Waals surface area contributed by atoms with Crippen molar-refractivity contribution in [3.05, 3.63) is 59.9 Å². The maximum Gasteiger partial charge on any atom is 0.214 e. The van der Waals surface area contributed by atoms with Crippen molar-refractivity contribution in [2.75, 3.05) is 12.9 Å². The van der Waals surface area contributed by atoms with Gasteiger partial charge in [-0.15, -0.1) is 5.10 Å². The number of Topliss-reactive ketones (excluding diaryl/α,β-unsaturated/α-hetero) is 1. The van der Waals surface area contributed by atoms with Gasteiger partial charge in [0.1, 0.15) is 11.6 Å². The van der Waals surface area contributed by atoms with Crippen LogP contribution in [0.15, 0.2) is 53.7 Å². The smallest absolute Gasteiger partial charge is 0.214 e. The largest absolute Gasteiger partial charge is 0.497 e. The van der Waals surface area contributed by atoms with E-state index in [-0.39, 0.29) is 17.4 Å². The van der Waals surface area contributed by atoms with Crippen molar-refractivity contribution in [1.29, 1.82) is 0 Å². The van der Waals surface area contributed by atoms with Crippen molar-refractivity contribution < 1.29 is 13.9 Å². The number of aromatic nitrogens is 4. The number of thioether (sulfide) groups is 1. The van der Waals surface area contributed by atoms with Crippen LogP contribution in [-0.4, -0.2) is 38.9 Å². The van der Waals surface area contributed by atoms with E-state index in [2.05, 4.69) is 15.5 Å². The molecule has 0 aliphatic heterocycles. The van der Waals surface area contributed by atoms with Gasteiger partial charge in [0.2, 0.25) is 5.16 Å². The van der Waals surface area contributed by atoms with Crippen LogP contribution in [0.3, 0.4) is 0 Å². The van der Waals surface area contributed by atoms with Gasteiger partial charge in [-0.3, -0.25) is 4.79 Å². The molecule has 6 nitrogen and oxygen atoms in total. The fourth-order valence-corrected chi connectivity index (χ4v) is 2.81. The van der Waals surface area contributed by atoms with Crippen molar-refractivity contribution in [3.63, 3.8) is 0 Å². The lowest BCUT2D eigenvalue weighted by molar-refractivity contribution is 0.102. The minimum atomic E-state index is -0.374. The van der Waals surface area contributed by atoms with Crippen LogP contribution in [0, 0.1) is 5.82 Å². The zero-order valence-corrected chi connectivity index (χ0v) is 13.5. The normalized spacial score (nSPS) is 10.6. The highest BCUT2D eigenvalue weighted by atomic mass is 32.2. The van der Waals surface area contributed by atoms with E-state index < -0.39 is 0 Å². The number of hydrogen-bond acceptors (Lipinski definition) is 6. The summed E-state index contributed by atoms with van der Waals surface area (Å²) < 4.78 is 19.6. The average Bonchev–Trinajstić information content (AvgIpc) is 3.09. The summed E-state index contributed by atoms with van der Waals surface area (Å²) in [6.07, 6.45) is 0. The number of tetrazole rings is 1. The maximum absolute atomic E-state index is 12.9. The topological polar surface area (TPSA) is 69.9 Å². The Bertz CT molecular complexity index is 851. The highest BCUT2D eigenvalue weighted by Crippen LogP contribution is 2.22. The van der Waals surface area contributed by atoms with E-state index in [1.807, 2.05) is 18.2 Å². The van der Waals surface area contributed by atoms with Crippen molar-refractivity contribution in [2.45, 2.75) is 5.16 Å². The Morgan fingerprint density at radius 2 is 2.04 bits per heavy atom.